The van der Waals surface area contributed by atoms with Crippen LogP contribution in [-0.4, -0.2) is 31.3 Å². The Hall–Kier alpha value is -1.22. The van der Waals surface area contributed by atoms with Crippen LogP contribution in [0.3, 0.4) is 0 Å². The molecular weight excluding hydrogens is 294 g/mol. The van der Waals surface area contributed by atoms with Gasteiger partial charge in [0.2, 0.25) is 0 Å². The van der Waals surface area contributed by atoms with Crippen molar-refractivity contribution in [2.45, 2.75) is 45.1 Å². The number of quaternary nitrogens is 1. The summed E-state index contributed by atoms with van der Waals surface area (Å²) in [5.74, 6) is 0.894. The molecule has 0 bridgehead atoms. The summed E-state index contributed by atoms with van der Waals surface area (Å²) in [6.45, 7) is 12.7. The Kier molecular flexibility index (Phi) is 8.32. The summed E-state index contributed by atoms with van der Waals surface area (Å²) in [6, 6.07) is 2.20. The molecule has 1 aromatic rings. The van der Waals surface area contributed by atoms with E-state index in [0.717, 1.165) is 43.9 Å². The largest absolute Gasteiger partial charge is 0.759 e. The van der Waals surface area contributed by atoms with Crippen LogP contribution >= 0.6 is 0 Å². The van der Waals surface area contributed by atoms with Crippen molar-refractivity contribution in [3.8, 4) is 6.07 Å². The number of hydrogen-bond acceptors (Lipinski definition) is 4. The molecule has 1 saturated heterocycles. The van der Waals surface area contributed by atoms with Gasteiger partial charge in [-0.25, -0.2) is 0 Å². The van der Waals surface area contributed by atoms with Gasteiger partial charge in [0.05, 0.1) is 37.9 Å². The third-order valence-electron chi connectivity index (χ3n) is 3.46. The molecule has 22 heavy (non-hydrogen) atoms. The Balaban J connectivity index is 0.000000335. The zero-order chi connectivity index (χ0) is 16.5. The van der Waals surface area contributed by atoms with Crippen LogP contribution in [-0.2, 0) is 23.8 Å². The lowest BCUT2D eigenvalue weighted by atomic mass is 9.90. The van der Waals surface area contributed by atoms with E-state index >= 15 is 0 Å². The van der Waals surface area contributed by atoms with Gasteiger partial charge in [0.15, 0.2) is 0 Å². The Bertz CT molecular complexity index is 494. The van der Waals surface area contributed by atoms with E-state index in [-0.39, 0.29) is 0 Å². The van der Waals surface area contributed by atoms with Crippen LogP contribution in [0.4, 0.5) is 0 Å². The highest BCUT2D eigenvalue weighted by Gasteiger charge is 2.13. The number of pyridine rings is 1. The highest BCUT2D eigenvalue weighted by atomic mass is 32.1. The number of rotatable bonds is 3. The van der Waals surface area contributed by atoms with Gasteiger partial charge in [0.25, 0.3) is 0 Å². The van der Waals surface area contributed by atoms with Crippen molar-refractivity contribution in [2.75, 3.05) is 26.3 Å². The van der Waals surface area contributed by atoms with E-state index in [9.17, 15) is 0 Å². The molecular formula is C17H27N3OS. The highest BCUT2D eigenvalue weighted by molar-refractivity contribution is 7.58. The molecule has 2 rings (SSSR count). The Morgan fingerprint density at radius 1 is 1.32 bits per heavy atom. The predicted octanol–water partition coefficient (Wildman–Crippen LogP) is 1.76. The summed E-state index contributed by atoms with van der Waals surface area (Å²) >= 11 is 5.10. The fraction of sp³-hybridized carbons (Fsp3) is 0.647. The first-order chi connectivity index (χ1) is 10.5. The minimum Gasteiger partial charge on any atom is -0.759 e. The lowest BCUT2D eigenvalue weighted by Gasteiger charge is -2.19. The number of aromatic nitrogens is 1. The molecule has 0 amide bonds. The van der Waals surface area contributed by atoms with Gasteiger partial charge in [-0.2, -0.15) is 5.26 Å². The maximum atomic E-state index is 9.16. The summed E-state index contributed by atoms with van der Waals surface area (Å²) in [4.78, 5) is 4.13. The first kappa shape index (κ1) is 18.8. The summed E-state index contributed by atoms with van der Waals surface area (Å²) in [7, 11) is 0. The Morgan fingerprint density at radius 2 is 1.95 bits per heavy atom. The molecule has 0 spiro atoms. The molecule has 0 aliphatic carbocycles. The van der Waals surface area contributed by atoms with Gasteiger partial charge in [-0.15, -0.1) is 0 Å². The summed E-state index contributed by atoms with van der Waals surface area (Å²) in [5.41, 5.74) is 2.83. The van der Waals surface area contributed by atoms with Gasteiger partial charge >= 0.3 is 0 Å². The fourth-order valence-electron chi connectivity index (χ4n) is 2.36. The number of morpholine rings is 1. The average molecular weight is 321 g/mol. The third kappa shape index (κ3) is 5.88. The van der Waals surface area contributed by atoms with E-state index in [1.807, 2.05) is 6.20 Å². The van der Waals surface area contributed by atoms with E-state index in [0.29, 0.717) is 22.4 Å². The zero-order valence-corrected chi connectivity index (χ0v) is 14.9. The van der Waals surface area contributed by atoms with E-state index < -0.39 is 0 Å². The molecule has 5 heteroatoms. The van der Waals surface area contributed by atoms with Crippen LogP contribution < -0.4 is 5.32 Å². The molecule has 2 N–H and O–H groups in total. The maximum absolute atomic E-state index is 9.16. The number of nitriles is 1. The fourth-order valence-corrected chi connectivity index (χ4v) is 2.59. The quantitative estimate of drug-likeness (QED) is 0.862. The topological polar surface area (TPSA) is 62.5 Å². The molecule has 4 nitrogen and oxygen atoms in total. The third-order valence-corrected chi connectivity index (χ3v) is 3.77. The number of hydrogen-bond donors (Lipinski definition) is 1. The monoisotopic (exact) mass is 321 g/mol. The predicted molar refractivity (Wildman–Crippen MR) is 89.7 cm³/mol. The lowest BCUT2D eigenvalue weighted by Crippen LogP contribution is -2.87. The molecule has 0 saturated carbocycles. The van der Waals surface area contributed by atoms with Crippen molar-refractivity contribution >= 4 is 12.6 Å². The van der Waals surface area contributed by atoms with Gasteiger partial charge in [-0.1, -0.05) is 32.7 Å². The molecule has 0 atom stereocenters. The molecule has 0 aromatic carbocycles. The first-order valence-corrected chi connectivity index (χ1v) is 8.36. The van der Waals surface area contributed by atoms with Crippen LogP contribution in [0, 0.1) is 17.2 Å². The van der Waals surface area contributed by atoms with Crippen molar-refractivity contribution in [3.05, 3.63) is 22.9 Å². The second-order valence-corrected chi connectivity index (χ2v) is 6.60. The molecule has 1 aliphatic heterocycles. The normalized spacial score (nSPS) is 14.4. The van der Waals surface area contributed by atoms with Gasteiger partial charge in [-0.05, 0) is 29.4 Å². The van der Waals surface area contributed by atoms with Crippen molar-refractivity contribution in [1.29, 1.82) is 5.26 Å². The van der Waals surface area contributed by atoms with Gasteiger partial charge < -0.3 is 22.7 Å². The minimum atomic E-state index is 0.379. The first-order valence-electron chi connectivity index (χ1n) is 7.95. The number of nitrogens with zero attached hydrogens (tertiary/aromatic N) is 2. The van der Waals surface area contributed by atoms with Gasteiger partial charge in [-0.3, -0.25) is 4.98 Å². The standard InChI is InChI=1S/C13H18N2S.C4H9NO/c1-8(2)5-10-11(6-14)13(16)15-7-12(10)9(3)4;1-3-6-4-2-5-1/h7-9H,5H2,1-4H3,(H,15,16);5H,1-4H2. The zero-order valence-electron chi connectivity index (χ0n) is 14.1. The molecule has 1 aromatic heterocycles. The van der Waals surface area contributed by atoms with E-state index in [1.54, 1.807) is 0 Å². The van der Waals surface area contributed by atoms with Crippen molar-refractivity contribution < 1.29 is 10.1 Å². The highest BCUT2D eigenvalue weighted by Crippen LogP contribution is 2.25. The summed E-state index contributed by atoms with van der Waals surface area (Å²) < 4.78 is 5.04. The van der Waals surface area contributed by atoms with Crippen LogP contribution in [0.25, 0.3) is 0 Å². The number of ether oxygens (including phenoxy) is 1. The average Bonchev–Trinajstić information content (AvgIpc) is 2.49. The smallest absolute Gasteiger partial charge is 0.0994 e. The molecule has 2 heterocycles. The minimum absolute atomic E-state index is 0.379. The Morgan fingerprint density at radius 3 is 2.32 bits per heavy atom. The van der Waals surface area contributed by atoms with Crippen molar-refractivity contribution in [2.24, 2.45) is 5.92 Å². The van der Waals surface area contributed by atoms with Crippen LogP contribution in [0.5, 0.6) is 0 Å². The van der Waals surface area contributed by atoms with E-state index in [1.165, 1.54) is 0 Å². The van der Waals surface area contributed by atoms with Crippen molar-refractivity contribution in [3.63, 3.8) is 0 Å². The van der Waals surface area contributed by atoms with Crippen molar-refractivity contribution in [1.82, 2.24) is 4.98 Å². The van der Waals surface area contributed by atoms with Crippen LogP contribution in [0.2, 0.25) is 0 Å². The molecule has 1 aliphatic rings. The summed E-state index contributed by atoms with van der Waals surface area (Å²) in [6.07, 6.45) is 2.72. The molecule has 0 unspecified atom stereocenters. The van der Waals surface area contributed by atoms with Crippen LogP contribution in [0.1, 0.15) is 50.3 Å². The van der Waals surface area contributed by atoms with Crippen LogP contribution in [0.15, 0.2) is 11.2 Å². The number of nitrogens with two attached hydrogens (primary N) is 1. The molecule has 0 radical (unpaired) electrons. The van der Waals surface area contributed by atoms with Gasteiger partial charge in [0, 0.05) is 6.20 Å². The van der Waals surface area contributed by atoms with E-state index in [2.05, 4.69) is 44.1 Å². The maximum Gasteiger partial charge on any atom is 0.0994 e. The van der Waals surface area contributed by atoms with E-state index in [4.69, 9.17) is 22.6 Å². The lowest BCUT2D eigenvalue weighted by molar-refractivity contribution is -0.670. The Labute approximate surface area is 139 Å². The SMILES string of the molecule is C1COCC[NH2+]1.CC(C)Cc1c(C(C)C)cnc([S-])c1C#N. The van der Waals surface area contributed by atoms with Gasteiger partial charge in [0.1, 0.15) is 0 Å². The summed E-state index contributed by atoms with van der Waals surface area (Å²) in [5, 5.41) is 11.9. The second-order valence-electron chi connectivity index (χ2n) is 6.22. The second kappa shape index (κ2) is 9.73. The molecule has 1 fully saturated rings. The molecule has 122 valence electrons.